The van der Waals surface area contributed by atoms with E-state index in [1.165, 1.54) is 84.9 Å². The minimum Gasteiger partial charge on any atom is -0.506 e. The number of amides is 2. The van der Waals surface area contributed by atoms with Crippen LogP contribution >= 0.6 is 0 Å². The molecule has 0 spiro atoms. The molecule has 0 aliphatic heterocycles. The summed E-state index contributed by atoms with van der Waals surface area (Å²) >= 11 is 0. The topological polar surface area (TPSA) is 283 Å². The second-order valence-corrected chi connectivity index (χ2v) is 17.6. The van der Waals surface area contributed by atoms with Crippen LogP contribution in [0, 0.1) is 0 Å². The summed E-state index contributed by atoms with van der Waals surface area (Å²) in [6.45, 7) is 0. The van der Waals surface area contributed by atoms with Gasteiger partial charge in [-0.1, -0.05) is 60.7 Å². The maximum absolute atomic E-state index is 13.4. The van der Waals surface area contributed by atoms with Gasteiger partial charge in [-0.3, -0.25) is 18.5 Å². The minimum absolute atomic E-state index is 0.0349. The molecule has 54 heavy (non-hydrogen) atoms. The quantitative estimate of drug-likeness (QED) is 0.0657. The number of anilines is 4. The van der Waals surface area contributed by atoms with Crippen molar-refractivity contribution in [2.75, 3.05) is 20.1 Å². The normalized spacial score (nSPS) is 12.3. The summed E-state index contributed by atoms with van der Waals surface area (Å²) < 4.78 is 125. The second-order valence-electron chi connectivity index (χ2n) is 11.4. The fourth-order valence-corrected chi connectivity index (χ4v) is 9.17. The lowest BCUT2D eigenvalue weighted by atomic mass is 10.1. The molecule has 0 aliphatic rings. The summed E-state index contributed by atoms with van der Waals surface area (Å²) in [6.07, 6.45) is 0. The fourth-order valence-electron chi connectivity index (χ4n) is 5.46. The number of hydrogen-bond acceptors (Lipinski definition) is 11. The van der Waals surface area contributed by atoms with Crippen molar-refractivity contribution in [2.24, 2.45) is 0 Å². The maximum atomic E-state index is 13.4. The molecule has 280 valence electrons. The maximum Gasteiger partial charge on any atom is 0.323 e. The summed E-state index contributed by atoms with van der Waals surface area (Å²) in [5.41, 5.74) is -0.825. The lowest BCUT2D eigenvalue weighted by molar-refractivity contribution is 0.262. The SMILES string of the molecule is O=C(Nc1cccc(S(=O)(=O)Nc2c(O)cc(S(=O)(=O)O)c3ccccc23)c1)Nc1cccc(S(=O)(=O)Nc2c(O)cc(S(=O)(=O)O)c3ccccc23)c1. The Bertz CT molecular complexity index is 2770. The van der Waals surface area contributed by atoms with Gasteiger partial charge in [0.2, 0.25) is 0 Å². The van der Waals surface area contributed by atoms with Gasteiger partial charge in [0.05, 0.1) is 21.2 Å². The van der Waals surface area contributed by atoms with E-state index >= 15 is 0 Å². The van der Waals surface area contributed by atoms with Gasteiger partial charge in [-0.05, 0) is 36.4 Å². The van der Waals surface area contributed by atoms with E-state index in [0.717, 1.165) is 12.1 Å². The number of phenols is 2. The van der Waals surface area contributed by atoms with E-state index in [4.69, 9.17) is 0 Å². The molecular formula is C33H26N4O13S4. The predicted octanol–water partition coefficient (Wildman–Crippen LogP) is 5.14. The third kappa shape index (κ3) is 7.71. The van der Waals surface area contributed by atoms with Crippen molar-refractivity contribution < 1.29 is 57.8 Å². The highest BCUT2D eigenvalue weighted by atomic mass is 32.2. The number of fused-ring (bicyclic) bond motifs is 2. The lowest BCUT2D eigenvalue weighted by Gasteiger charge is -2.15. The van der Waals surface area contributed by atoms with Crippen molar-refractivity contribution in [3.8, 4) is 11.5 Å². The van der Waals surface area contributed by atoms with Crippen molar-refractivity contribution in [3.63, 3.8) is 0 Å². The summed E-state index contributed by atoms with van der Waals surface area (Å²) in [4.78, 5) is 10.9. The molecule has 0 heterocycles. The van der Waals surface area contributed by atoms with Crippen LogP contribution < -0.4 is 20.1 Å². The molecule has 0 saturated carbocycles. The molecule has 0 aliphatic carbocycles. The minimum atomic E-state index is -4.79. The van der Waals surface area contributed by atoms with Crippen LogP contribution in [0.2, 0.25) is 0 Å². The van der Waals surface area contributed by atoms with Gasteiger partial charge in [0.1, 0.15) is 21.3 Å². The van der Waals surface area contributed by atoms with E-state index in [2.05, 4.69) is 20.1 Å². The van der Waals surface area contributed by atoms with Gasteiger partial charge in [0, 0.05) is 45.1 Å². The summed E-state index contributed by atoms with van der Waals surface area (Å²) in [6, 6.07) is 21.3. The number of sulfonamides is 2. The van der Waals surface area contributed by atoms with Crippen molar-refractivity contribution in [3.05, 3.63) is 109 Å². The predicted molar refractivity (Wildman–Crippen MR) is 198 cm³/mol. The van der Waals surface area contributed by atoms with Gasteiger partial charge in [-0.2, -0.15) is 16.8 Å². The first-order valence-electron chi connectivity index (χ1n) is 15.0. The zero-order chi connectivity index (χ0) is 39.2. The van der Waals surface area contributed by atoms with Crippen LogP contribution in [0.25, 0.3) is 21.5 Å². The van der Waals surface area contributed by atoms with E-state index < -0.39 is 67.6 Å². The molecule has 0 bridgehead atoms. The van der Waals surface area contributed by atoms with Gasteiger partial charge in [-0.15, -0.1) is 0 Å². The van der Waals surface area contributed by atoms with E-state index in [-0.39, 0.29) is 54.1 Å². The fraction of sp³-hybridized carbons (Fsp3) is 0. The standard InChI is InChI=1S/C33H26N4O13S4/c38-27-17-29(53(45,46)47)23-11-1-3-13-25(23)31(27)36-51(41,42)21-9-5-7-19(15-21)34-33(40)35-20-8-6-10-22(16-20)52(43,44)37-32-26-14-4-2-12-24(26)30(18-28(32)39)54(48,49)50/h1-18,36-39H,(H2,34,35,40)(H,45,46,47)(H,48,49,50). The molecule has 17 nitrogen and oxygen atoms in total. The number of carbonyl (C=O) groups is 1. The molecule has 0 unspecified atom stereocenters. The number of nitrogens with one attached hydrogen (secondary N) is 4. The average molecular weight is 815 g/mol. The van der Waals surface area contributed by atoms with Crippen molar-refractivity contribution in [1.82, 2.24) is 0 Å². The van der Waals surface area contributed by atoms with E-state index in [1.54, 1.807) is 0 Å². The molecule has 21 heteroatoms. The van der Waals surface area contributed by atoms with Crippen LogP contribution in [0.1, 0.15) is 0 Å². The number of rotatable bonds is 10. The van der Waals surface area contributed by atoms with Gasteiger partial charge >= 0.3 is 6.03 Å². The van der Waals surface area contributed by atoms with Gasteiger partial charge in [0.15, 0.2) is 0 Å². The average Bonchev–Trinajstić information content (AvgIpc) is 3.09. The highest BCUT2D eigenvalue weighted by Crippen LogP contribution is 2.40. The van der Waals surface area contributed by atoms with Crippen LogP contribution in [0.3, 0.4) is 0 Å². The van der Waals surface area contributed by atoms with E-state index in [9.17, 15) is 57.8 Å². The molecular weight excluding hydrogens is 789 g/mol. The van der Waals surface area contributed by atoms with E-state index in [0.29, 0.717) is 12.1 Å². The number of carbonyl (C=O) groups excluding carboxylic acids is 1. The molecule has 0 atom stereocenters. The van der Waals surface area contributed by atoms with Crippen LogP contribution in [0.4, 0.5) is 27.5 Å². The second kappa shape index (κ2) is 13.8. The Labute approximate surface area is 307 Å². The Morgan fingerprint density at radius 3 is 1.17 bits per heavy atom. The van der Waals surface area contributed by atoms with Gasteiger partial charge in [0.25, 0.3) is 40.3 Å². The molecule has 0 radical (unpaired) electrons. The van der Waals surface area contributed by atoms with Crippen LogP contribution in [0.15, 0.2) is 129 Å². The number of hydrogen-bond donors (Lipinski definition) is 8. The highest BCUT2D eigenvalue weighted by Gasteiger charge is 2.25. The van der Waals surface area contributed by atoms with Crippen LogP contribution in [0.5, 0.6) is 11.5 Å². The summed E-state index contributed by atoms with van der Waals surface area (Å²) in [5, 5.41) is 25.7. The molecule has 6 rings (SSSR count). The number of phenolic OH excluding ortho intramolecular Hbond substituents is 2. The number of aromatic hydroxyl groups is 2. The first kappa shape index (κ1) is 37.8. The lowest BCUT2D eigenvalue weighted by Crippen LogP contribution is -2.20. The molecule has 0 aromatic heterocycles. The van der Waals surface area contributed by atoms with Crippen LogP contribution in [-0.4, -0.2) is 59.0 Å². The molecule has 0 fully saturated rings. The van der Waals surface area contributed by atoms with Crippen molar-refractivity contribution in [2.45, 2.75) is 19.6 Å². The van der Waals surface area contributed by atoms with Crippen molar-refractivity contribution >= 4 is 90.6 Å². The van der Waals surface area contributed by atoms with Gasteiger partial charge in [-0.25, -0.2) is 21.6 Å². The number of urea groups is 1. The van der Waals surface area contributed by atoms with Crippen molar-refractivity contribution in [1.29, 1.82) is 0 Å². The Kier molecular flexibility index (Phi) is 9.64. The zero-order valence-electron chi connectivity index (χ0n) is 27.0. The Hall–Kier alpha value is -5.97. The molecule has 6 aromatic rings. The van der Waals surface area contributed by atoms with E-state index in [1.807, 2.05) is 0 Å². The monoisotopic (exact) mass is 814 g/mol. The highest BCUT2D eigenvalue weighted by molar-refractivity contribution is 7.93. The zero-order valence-corrected chi connectivity index (χ0v) is 30.3. The molecule has 2 amide bonds. The smallest absolute Gasteiger partial charge is 0.323 e. The van der Waals surface area contributed by atoms with Crippen LogP contribution in [-0.2, 0) is 40.3 Å². The largest absolute Gasteiger partial charge is 0.506 e. The Balaban J connectivity index is 1.21. The van der Waals surface area contributed by atoms with Gasteiger partial charge < -0.3 is 20.8 Å². The first-order chi connectivity index (χ1) is 25.2. The third-order valence-corrected chi connectivity index (χ3v) is 12.3. The Morgan fingerprint density at radius 2 is 0.815 bits per heavy atom. The molecule has 0 saturated heterocycles. The summed E-state index contributed by atoms with van der Waals surface area (Å²) in [7, 11) is -18.6. The molecule has 8 N–H and O–H groups in total. The first-order valence-corrected chi connectivity index (χ1v) is 20.9. The number of benzene rings is 6. The Morgan fingerprint density at radius 1 is 0.463 bits per heavy atom. The molecule has 6 aromatic carbocycles. The third-order valence-electron chi connectivity index (χ3n) is 7.80. The summed E-state index contributed by atoms with van der Waals surface area (Å²) in [5.74, 6) is -1.59.